The summed E-state index contributed by atoms with van der Waals surface area (Å²) in [5.41, 5.74) is 6.48. The lowest BCUT2D eigenvalue weighted by molar-refractivity contribution is 0.162. The molecule has 3 atom stereocenters. The van der Waals surface area contributed by atoms with Crippen LogP contribution in [-0.2, 0) is 0 Å². The number of allylic oxidation sites excluding steroid dienone is 4. The molecule has 4 aliphatic rings. The molecule has 0 fully saturated rings. The van der Waals surface area contributed by atoms with Crippen LogP contribution in [0.4, 0.5) is 0 Å². The third kappa shape index (κ3) is 1.62. The van der Waals surface area contributed by atoms with Crippen molar-refractivity contribution < 1.29 is 0 Å². The van der Waals surface area contributed by atoms with E-state index in [1.165, 1.54) is 24.8 Å². The highest BCUT2D eigenvalue weighted by Gasteiger charge is 2.50. The van der Waals surface area contributed by atoms with Crippen molar-refractivity contribution in [2.45, 2.75) is 39.2 Å². The average Bonchev–Trinajstić information content (AvgIpc) is 2.80. The zero-order valence-electron chi connectivity index (χ0n) is 13.1. The van der Waals surface area contributed by atoms with E-state index in [2.05, 4.69) is 54.8 Å². The van der Waals surface area contributed by atoms with Crippen LogP contribution in [0.5, 0.6) is 0 Å². The summed E-state index contributed by atoms with van der Waals surface area (Å²) < 4.78 is 0. The molecule has 2 nitrogen and oxygen atoms in total. The van der Waals surface area contributed by atoms with E-state index in [0.29, 0.717) is 12.0 Å². The summed E-state index contributed by atoms with van der Waals surface area (Å²) in [7, 11) is 0. The van der Waals surface area contributed by atoms with Crippen molar-refractivity contribution in [1.82, 2.24) is 4.90 Å². The topological polar surface area (TPSA) is 15.6 Å². The van der Waals surface area contributed by atoms with E-state index in [4.69, 9.17) is 0 Å². The van der Waals surface area contributed by atoms with E-state index in [1.54, 1.807) is 16.8 Å². The molecule has 2 aliphatic heterocycles. The first-order chi connectivity index (χ1) is 10.2. The first-order valence-corrected chi connectivity index (χ1v) is 8.18. The smallest absolute Gasteiger partial charge is 0.0570 e. The normalized spacial score (nSPS) is 40.0. The van der Waals surface area contributed by atoms with Crippen LogP contribution in [-0.4, -0.2) is 30.2 Å². The molecule has 110 valence electrons. The Morgan fingerprint density at radius 3 is 3.14 bits per heavy atom. The largest absolute Gasteiger partial charge is 0.367 e. The second-order valence-electron chi connectivity index (χ2n) is 7.00. The average molecular weight is 280 g/mol. The van der Waals surface area contributed by atoms with Crippen LogP contribution >= 0.6 is 0 Å². The van der Waals surface area contributed by atoms with Gasteiger partial charge in [0.1, 0.15) is 0 Å². The summed E-state index contributed by atoms with van der Waals surface area (Å²) in [4.78, 5) is 7.31. The highest BCUT2D eigenvalue weighted by atomic mass is 15.2. The number of likely N-dealkylation sites (tertiary alicyclic amines) is 1. The number of hydrogen-bond donors (Lipinski definition) is 0. The molecule has 0 spiro atoms. The molecular weight excluding hydrogens is 256 g/mol. The van der Waals surface area contributed by atoms with Crippen molar-refractivity contribution in [2.75, 3.05) is 13.1 Å². The Balaban J connectivity index is 1.97. The Hall–Kier alpha value is -1.57. The second-order valence-corrected chi connectivity index (χ2v) is 7.00. The molecule has 0 radical (unpaired) electrons. The van der Waals surface area contributed by atoms with Gasteiger partial charge in [0.2, 0.25) is 0 Å². The zero-order chi connectivity index (χ0) is 14.6. The third-order valence-corrected chi connectivity index (χ3v) is 6.12. The van der Waals surface area contributed by atoms with E-state index in [9.17, 15) is 0 Å². The Morgan fingerprint density at radius 1 is 1.48 bits per heavy atom. The summed E-state index contributed by atoms with van der Waals surface area (Å²) in [6, 6.07) is 0.601. The molecule has 0 aromatic rings. The van der Waals surface area contributed by atoms with Crippen LogP contribution in [0.25, 0.3) is 0 Å². The molecule has 3 unspecified atom stereocenters. The summed E-state index contributed by atoms with van der Waals surface area (Å²) in [5.74, 6) is 0.591. The maximum absolute atomic E-state index is 4.68. The van der Waals surface area contributed by atoms with Gasteiger partial charge >= 0.3 is 0 Å². The summed E-state index contributed by atoms with van der Waals surface area (Å²) in [6.45, 7) is 10.6. The minimum Gasteiger partial charge on any atom is -0.367 e. The maximum atomic E-state index is 4.68. The van der Waals surface area contributed by atoms with Crippen molar-refractivity contribution in [3.8, 4) is 0 Å². The Morgan fingerprint density at radius 2 is 2.33 bits per heavy atom. The fourth-order valence-electron chi connectivity index (χ4n) is 4.87. The lowest BCUT2D eigenvalue weighted by atomic mass is 9.66. The lowest BCUT2D eigenvalue weighted by Crippen LogP contribution is -2.46. The number of nitrogens with zero attached hydrogens (tertiary/aromatic N) is 2. The van der Waals surface area contributed by atoms with Gasteiger partial charge < -0.3 is 4.90 Å². The van der Waals surface area contributed by atoms with E-state index in [1.807, 2.05) is 0 Å². The van der Waals surface area contributed by atoms with Crippen LogP contribution in [0.2, 0.25) is 0 Å². The monoisotopic (exact) mass is 280 g/mol. The van der Waals surface area contributed by atoms with E-state index < -0.39 is 0 Å². The van der Waals surface area contributed by atoms with Crippen LogP contribution in [0.1, 0.15) is 33.1 Å². The molecule has 0 aromatic carbocycles. The Bertz CT molecular complexity index is 619. The predicted molar refractivity (Wildman–Crippen MR) is 88.4 cm³/mol. The van der Waals surface area contributed by atoms with Crippen molar-refractivity contribution >= 4 is 6.21 Å². The molecule has 4 rings (SSSR count). The molecule has 2 aliphatic carbocycles. The summed E-state index contributed by atoms with van der Waals surface area (Å²) in [5, 5.41) is 0. The van der Waals surface area contributed by atoms with Gasteiger partial charge in [-0.1, -0.05) is 37.6 Å². The Labute approximate surface area is 127 Å². The molecule has 2 heterocycles. The molecule has 0 N–H and O–H groups in total. The van der Waals surface area contributed by atoms with Crippen LogP contribution in [0.3, 0.4) is 0 Å². The van der Waals surface area contributed by atoms with Gasteiger partial charge in [0.25, 0.3) is 0 Å². The minimum absolute atomic E-state index is 0.109. The molecule has 0 amide bonds. The van der Waals surface area contributed by atoms with Crippen LogP contribution in [0, 0.1) is 11.3 Å². The highest BCUT2D eigenvalue weighted by molar-refractivity contribution is 5.75. The summed E-state index contributed by atoms with van der Waals surface area (Å²) >= 11 is 0. The standard InChI is InChI=1S/C19H24N2/c1-4-10-21-17-8-7-16-14-6-5-9-20-12-19(16,3)13(2)18(21)11-15(14)17/h4-6,12-13,18H,1,7-11H2,2-3H3/b6-5-,20-12-. The van der Waals surface area contributed by atoms with E-state index in [-0.39, 0.29) is 5.41 Å². The third-order valence-electron chi connectivity index (χ3n) is 6.12. The molecule has 5 bridgehead atoms. The van der Waals surface area contributed by atoms with Gasteiger partial charge in [0.15, 0.2) is 0 Å². The fraction of sp³-hybridized carbons (Fsp3) is 0.526. The van der Waals surface area contributed by atoms with E-state index in [0.717, 1.165) is 13.1 Å². The Kier molecular flexibility index (Phi) is 2.79. The molecule has 0 saturated heterocycles. The van der Waals surface area contributed by atoms with E-state index >= 15 is 0 Å². The highest BCUT2D eigenvalue weighted by Crippen LogP contribution is 2.56. The predicted octanol–water partition coefficient (Wildman–Crippen LogP) is 3.89. The number of fused-ring (bicyclic) bond motifs is 1. The van der Waals surface area contributed by atoms with Gasteiger partial charge in [-0.2, -0.15) is 0 Å². The molecule has 2 heteroatoms. The number of hydrogen-bond acceptors (Lipinski definition) is 2. The molecule has 0 aromatic heterocycles. The zero-order valence-corrected chi connectivity index (χ0v) is 13.1. The van der Waals surface area contributed by atoms with Crippen molar-refractivity contribution in [1.29, 1.82) is 0 Å². The molecule has 21 heavy (non-hydrogen) atoms. The van der Waals surface area contributed by atoms with Gasteiger partial charge in [0, 0.05) is 29.9 Å². The van der Waals surface area contributed by atoms with Gasteiger partial charge in [0.05, 0.1) is 6.54 Å². The molecule has 0 saturated carbocycles. The number of aliphatic imine (C=N–C) groups is 1. The fourth-order valence-corrected chi connectivity index (χ4v) is 4.87. The van der Waals surface area contributed by atoms with Crippen molar-refractivity contribution in [2.24, 2.45) is 16.3 Å². The SMILES string of the molecule is C=CCN1C2=C3CC1C(C)C1(C)/C=N\C/C=C\C3=C1CC2. The summed E-state index contributed by atoms with van der Waals surface area (Å²) in [6.07, 6.45) is 12.5. The van der Waals surface area contributed by atoms with Gasteiger partial charge in [-0.25, -0.2) is 0 Å². The number of rotatable bonds is 2. The second kappa shape index (κ2) is 4.46. The van der Waals surface area contributed by atoms with Crippen LogP contribution in [0.15, 0.2) is 52.2 Å². The molecular formula is C19H24N2. The van der Waals surface area contributed by atoms with Gasteiger partial charge in [-0.15, -0.1) is 6.58 Å². The van der Waals surface area contributed by atoms with Gasteiger partial charge in [-0.3, -0.25) is 4.99 Å². The van der Waals surface area contributed by atoms with Crippen LogP contribution < -0.4 is 0 Å². The minimum atomic E-state index is 0.109. The maximum Gasteiger partial charge on any atom is 0.0570 e. The quantitative estimate of drug-likeness (QED) is 0.701. The van der Waals surface area contributed by atoms with Gasteiger partial charge in [-0.05, 0) is 36.3 Å². The van der Waals surface area contributed by atoms with Crippen molar-refractivity contribution in [3.05, 3.63) is 47.2 Å². The van der Waals surface area contributed by atoms with Crippen molar-refractivity contribution in [3.63, 3.8) is 0 Å². The lowest BCUT2D eigenvalue weighted by Gasteiger charge is -2.46. The first kappa shape index (κ1) is 13.1. The first-order valence-electron chi connectivity index (χ1n) is 8.18.